The number of nitrogens with two attached hydrogens (primary N) is 1. The summed E-state index contributed by atoms with van der Waals surface area (Å²) in [7, 11) is 1.62. The van der Waals surface area contributed by atoms with Crippen LogP contribution < -0.4 is 15.2 Å². The maximum Gasteiger partial charge on any atom is 0.231 e. The molecule has 0 aromatic heterocycles. The number of piperidine rings is 1. The molecule has 2 aliphatic heterocycles. The van der Waals surface area contributed by atoms with E-state index in [9.17, 15) is 9.59 Å². The van der Waals surface area contributed by atoms with E-state index in [1.165, 1.54) is 0 Å². The molecule has 0 spiro atoms. The summed E-state index contributed by atoms with van der Waals surface area (Å²) in [6.07, 6.45) is 1.60. The van der Waals surface area contributed by atoms with Gasteiger partial charge in [0, 0.05) is 12.0 Å². The largest absolute Gasteiger partial charge is 0.497 e. The Morgan fingerprint density at radius 2 is 1.88 bits per heavy atom. The molecule has 0 atom stereocenters. The minimum atomic E-state index is -0.315. The van der Waals surface area contributed by atoms with Crippen molar-refractivity contribution in [3.63, 3.8) is 0 Å². The lowest BCUT2D eigenvalue weighted by Crippen LogP contribution is -2.58. The van der Waals surface area contributed by atoms with E-state index in [0.29, 0.717) is 13.1 Å². The van der Waals surface area contributed by atoms with Crippen molar-refractivity contribution in [1.29, 1.82) is 0 Å². The number of methoxy groups -OCH3 is 1. The Morgan fingerprint density at radius 1 is 1.20 bits per heavy atom. The number of carbonyl (C=O) groups excluding carboxylic acids is 2. The number of rotatable bonds is 6. The third kappa shape index (κ3) is 4.42. The molecular formula is C18H25N3O4. The minimum absolute atomic E-state index is 0.0333. The number of hydrogen-bond acceptors (Lipinski definition) is 5. The van der Waals surface area contributed by atoms with Gasteiger partial charge in [0.15, 0.2) is 0 Å². The van der Waals surface area contributed by atoms with Crippen LogP contribution in [0.2, 0.25) is 0 Å². The fraction of sp³-hybridized carbons (Fsp3) is 0.556. The summed E-state index contributed by atoms with van der Waals surface area (Å²) >= 11 is 0. The summed E-state index contributed by atoms with van der Waals surface area (Å²) in [5.41, 5.74) is 5.22. The fourth-order valence-electron chi connectivity index (χ4n) is 3.38. The van der Waals surface area contributed by atoms with Crippen molar-refractivity contribution >= 4 is 11.8 Å². The highest BCUT2D eigenvalue weighted by atomic mass is 16.5. The molecule has 2 fully saturated rings. The maximum atomic E-state index is 12.5. The van der Waals surface area contributed by atoms with Crippen molar-refractivity contribution in [3.05, 3.63) is 24.3 Å². The number of nitrogens with zero attached hydrogens (tertiary/aromatic N) is 2. The second-order valence-electron chi connectivity index (χ2n) is 6.68. The molecule has 25 heavy (non-hydrogen) atoms. The van der Waals surface area contributed by atoms with Crippen molar-refractivity contribution in [2.45, 2.75) is 18.9 Å². The topological polar surface area (TPSA) is 85.1 Å². The first-order valence-corrected chi connectivity index (χ1v) is 8.65. The Kier molecular flexibility index (Phi) is 5.43. The molecule has 2 N–H and O–H groups in total. The molecule has 3 rings (SSSR count). The second-order valence-corrected chi connectivity index (χ2v) is 6.68. The number of primary amides is 1. The molecule has 2 aliphatic rings. The Balaban J connectivity index is 1.42. The van der Waals surface area contributed by atoms with E-state index >= 15 is 0 Å². The van der Waals surface area contributed by atoms with Crippen LogP contribution in [0.15, 0.2) is 24.3 Å². The Hall–Kier alpha value is -2.28. The normalized spacial score (nSPS) is 19.3. The molecule has 2 heterocycles. The molecule has 0 bridgehead atoms. The number of hydrogen-bond donors (Lipinski definition) is 1. The third-order valence-electron chi connectivity index (χ3n) is 4.82. The predicted octanol–water partition coefficient (Wildman–Crippen LogP) is 0.482. The quantitative estimate of drug-likeness (QED) is 0.809. The van der Waals surface area contributed by atoms with Gasteiger partial charge >= 0.3 is 0 Å². The molecule has 136 valence electrons. The highest BCUT2D eigenvalue weighted by Crippen LogP contribution is 2.26. The van der Waals surface area contributed by atoms with Gasteiger partial charge in [-0.05, 0) is 38.1 Å². The highest BCUT2D eigenvalue weighted by Gasteiger charge is 2.37. The summed E-state index contributed by atoms with van der Waals surface area (Å²) in [5.74, 6) is 1.44. The molecule has 0 unspecified atom stereocenters. The number of ether oxygens (including phenoxy) is 2. The van der Waals surface area contributed by atoms with Crippen LogP contribution in [0.5, 0.6) is 11.5 Å². The van der Waals surface area contributed by atoms with E-state index < -0.39 is 0 Å². The summed E-state index contributed by atoms with van der Waals surface area (Å²) < 4.78 is 11.1. The van der Waals surface area contributed by atoms with E-state index in [4.69, 9.17) is 15.2 Å². The van der Waals surface area contributed by atoms with Crippen LogP contribution in [0.4, 0.5) is 0 Å². The van der Waals surface area contributed by atoms with Crippen molar-refractivity contribution in [3.8, 4) is 11.5 Å². The lowest BCUT2D eigenvalue weighted by molar-refractivity contribution is -0.146. The summed E-state index contributed by atoms with van der Waals surface area (Å²) in [6.45, 7) is 3.02. The monoisotopic (exact) mass is 347 g/mol. The van der Waals surface area contributed by atoms with Crippen molar-refractivity contribution in [2.75, 3.05) is 39.8 Å². The van der Waals surface area contributed by atoms with E-state index in [0.717, 1.165) is 37.4 Å². The van der Waals surface area contributed by atoms with Gasteiger partial charge in [-0.1, -0.05) is 6.07 Å². The van der Waals surface area contributed by atoms with Crippen LogP contribution in [-0.2, 0) is 9.59 Å². The predicted molar refractivity (Wildman–Crippen MR) is 92.3 cm³/mol. The van der Waals surface area contributed by atoms with Crippen molar-refractivity contribution in [2.24, 2.45) is 11.7 Å². The molecule has 0 radical (unpaired) electrons. The van der Waals surface area contributed by atoms with Crippen LogP contribution in [0.25, 0.3) is 0 Å². The molecule has 7 nitrogen and oxygen atoms in total. The lowest BCUT2D eigenvalue weighted by atomic mass is 9.93. The highest BCUT2D eigenvalue weighted by molar-refractivity contribution is 5.80. The molecular weight excluding hydrogens is 322 g/mol. The summed E-state index contributed by atoms with van der Waals surface area (Å²) in [5, 5.41) is 0. The van der Waals surface area contributed by atoms with Gasteiger partial charge in [-0.25, -0.2) is 0 Å². The number of benzene rings is 1. The standard InChI is InChI=1S/C18H25N3O4/c1-24-14-3-2-4-15(9-14)25-16-10-21(11-16)18(23)13-5-7-20(8-6-13)12-17(19)22/h2-4,9,13,16H,5-8,10-12H2,1H3,(H2,19,22). The van der Waals surface area contributed by atoms with E-state index in [1.807, 2.05) is 34.1 Å². The first kappa shape index (κ1) is 17.5. The van der Waals surface area contributed by atoms with Crippen molar-refractivity contribution in [1.82, 2.24) is 9.80 Å². The average Bonchev–Trinajstić information content (AvgIpc) is 2.57. The second kappa shape index (κ2) is 7.74. The molecule has 0 saturated carbocycles. The van der Waals surface area contributed by atoms with Gasteiger partial charge in [0.2, 0.25) is 11.8 Å². The average molecular weight is 347 g/mol. The van der Waals surface area contributed by atoms with E-state index in [-0.39, 0.29) is 30.4 Å². The van der Waals surface area contributed by atoms with Gasteiger partial charge in [0.1, 0.15) is 17.6 Å². The first-order chi connectivity index (χ1) is 12.0. The molecule has 0 aliphatic carbocycles. The zero-order valence-electron chi connectivity index (χ0n) is 14.5. The Morgan fingerprint density at radius 3 is 2.52 bits per heavy atom. The number of carbonyl (C=O) groups is 2. The Bertz CT molecular complexity index is 623. The van der Waals surface area contributed by atoms with E-state index in [2.05, 4.69) is 0 Å². The fourth-order valence-corrected chi connectivity index (χ4v) is 3.38. The molecule has 1 aromatic carbocycles. The third-order valence-corrected chi connectivity index (χ3v) is 4.82. The molecule has 2 amide bonds. The summed E-state index contributed by atoms with van der Waals surface area (Å²) in [6, 6.07) is 7.49. The molecule has 7 heteroatoms. The van der Waals surface area contributed by atoms with Gasteiger partial charge in [0.25, 0.3) is 0 Å². The van der Waals surface area contributed by atoms with Gasteiger partial charge in [-0.3, -0.25) is 14.5 Å². The maximum absolute atomic E-state index is 12.5. The van der Waals surface area contributed by atoms with Crippen molar-refractivity contribution < 1.29 is 19.1 Å². The lowest BCUT2D eigenvalue weighted by Gasteiger charge is -2.42. The smallest absolute Gasteiger partial charge is 0.231 e. The van der Waals surface area contributed by atoms with Crippen LogP contribution in [0, 0.1) is 5.92 Å². The van der Waals surface area contributed by atoms with Crippen LogP contribution in [-0.4, -0.2) is 67.6 Å². The van der Waals surface area contributed by atoms with Gasteiger partial charge in [-0.15, -0.1) is 0 Å². The number of amides is 2. The molecule has 1 aromatic rings. The van der Waals surface area contributed by atoms with Crippen LogP contribution in [0.3, 0.4) is 0 Å². The summed E-state index contributed by atoms with van der Waals surface area (Å²) in [4.78, 5) is 27.4. The van der Waals surface area contributed by atoms with Gasteiger partial charge in [0.05, 0.1) is 26.7 Å². The van der Waals surface area contributed by atoms with Gasteiger partial charge in [-0.2, -0.15) is 0 Å². The number of likely N-dealkylation sites (tertiary alicyclic amines) is 2. The van der Waals surface area contributed by atoms with Crippen LogP contribution in [0.1, 0.15) is 12.8 Å². The zero-order valence-corrected chi connectivity index (χ0v) is 14.5. The zero-order chi connectivity index (χ0) is 17.8. The SMILES string of the molecule is COc1cccc(OC2CN(C(=O)C3CCN(CC(N)=O)CC3)C2)c1. The Labute approximate surface area is 147 Å². The minimum Gasteiger partial charge on any atom is -0.497 e. The van der Waals surface area contributed by atoms with E-state index in [1.54, 1.807) is 7.11 Å². The van der Waals surface area contributed by atoms with Gasteiger partial charge < -0.3 is 20.1 Å². The first-order valence-electron chi connectivity index (χ1n) is 8.65. The van der Waals surface area contributed by atoms with Crippen LogP contribution >= 0.6 is 0 Å². The molecule has 2 saturated heterocycles.